The van der Waals surface area contributed by atoms with E-state index in [1.165, 1.54) is 12.1 Å². The molecule has 3 heterocycles. The summed E-state index contributed by atoms with van der Waals surface area (Å²) in [7, 11) is 0. The van der Waals surface area contributed by atoms with Crippen molar-refractivity contribution in [2.75, 3.05) is 12.5 Å². The largest absolute Gasteiger partial charge is 0.478 e. The highest BCUT2D eigenvalue weighted by Crippen LogP contribution is 2.35. The van der Waals surface area contributed by atoms with Crippen LogP contribution in [-0.2, 0) is 0 Å². The number of ether oxygens (including phenoxy) is 3. The lowest BCUT2D eigenvalue weighted by atomic mass is 10.2. The highest BCUT2D eigenvalue weighted by Gasteiger charge is 2.22. The number of ketones is 1. The molecule has 180 valence electrons. The Hall–Kier alpha value is -3.79. The van der Waals surface area contributed by atoms with Crippen LogP contribution in [0.3, 0.4) is 0 Å². The van der Waals surface area contributed by atoms with Crippen LogP contribution in [0, 0.1) is 19.7 Å². The van der Waals surface area contributed by atoms with Gasteiger partial charge in [-0.05, 0) is 51.1 Å². The first-order valence-electron chi connectivity index (χ1n) is 10.9. The Kier molecular flexibility index (Phi) is 6.21. The molecule has 2 aromatic carbocycles. The van der Waals surface area contributed by atoms with E-state index in [0.29, 0.717) is 17.1 Å². The Balaban J connectivity index is 1.25. The molecule has 0 aliphatic carbocycles. The van der Waals surface area contributed by atoms with Crippen LogP contribution in [0.4, 0.5) is 4.39 Å². The first kappa shape index (κ1) is 23.0. The van der Waals surface area contributed by atoms with Gasteiger partial charge < -0.3 is 23.2 Å². The summed E-state index contributed by atoms with van der Waals surface area (Å²) in [4.78, 5) is 13.0. The van der Waals surface area contributed by atoms with E-state index in [1.54, 1.807) is 19.1 Å². The van der Waals surface area contributed by atoms with E-state index in [9.17, 15) is 9.18 Å². The summed E-state index contributed by atoms with van der Waals surface area (Å²) >= 11 is 1.14. The van der Waals surface area contributed by atoms with E-state index in [2.05, 4.69) is 10.2 Å². The molecular formula is C25H22FN3O5S. The standard InChI is InChI=1S/C25H22FN3O5S/c1-14-10-18(15(2)29(14)17-8-9-22-23(11-17)32-13-31-22)20(30)12-35-25-28-27-24(34-25)16(3)33-21-7-5-4-6-19(21)26/h4-11,16H,12-13H2,1-3H3/t16-/m0/s1. The average Bonchev–Trinajstić information content (AvgIpc) is 3.57. The van der Waals surface area contributed by atoms with Crippen molar-refractivity contribution in [3.63, 3.8) is 0 Å². The second-order valence-electron chi connectivity index (χ2n) is 7.97. The number of carbonyl (C=O) groups excluding carboxylic acids is 1. The highest BCUT2D eigenvalue weighted by molar-refractivity contribution is 7.99. The third-order valence-electron chi connectivity index (χ3n) is 5.58. The molecule has 8 nitrogen and oxygen atoms in total. The van der Waals surface area contributed by atoms with E-state index in [4.69, 9.17) is 18.6 Å². The van der Waals surface area contributed by atoms with Gasteiger partial charge in [-0.3, -0.25) is 4.79 Å². The number of aromatic nitrogens is 3. The normalized spacial score (nSPS) is 13.1. The maximum absolute atomic E-state index is 13.8. The minimum Gasteiger partial charge on any atom is -0.478 e. The van der Waals surface area contributed by atoms with Gasteiger partial charge in [0.1, 0.15) is 0 Å². The molecule has 0 unspecified atom stereocenters. The molecule has 0 amide bonds. The summed E-state index contributed by atoms with van der Waals surface area (Å²) < 4.78 is 37.9. The van der Waals surface area contributed by atoms with E-state index in [0.717, 1.165) is 28.8 Å². The maximum Gasteiger partial charge on any atom is 0.277 e. The van der Waals surface area contributed by atoms with E-state index in [-0.39, 0.29) is 35.2 Å². The van der Waals surface area contributed by atoms with Crippen LogP contribution >= 0.6 is 11.8 Å². The molecule has 10 heteroatoms. The van der Waals surface area contributed by atoms with Gasteiger partial charge in [0, 0.05) is 28.7 Å². The van der Waals surface area contributed by atoms with Crippen molar-refractivity contribution in [2.45, 2.75) is 32.1 Å². The van der Waals surface area contributed by atoms with E-state index >= 15 is 0 Å². The number of rotatable bonds is 8. The van der Waals surface area contributed by atoms with Crippen molar-refractivity contribution in [2.24, 2.45) is 0 Å². The van der Waals surface area contributed by atoms with Crippen molar-refractivity contribution >= 4 is 17.5 Å². The molecule has 0 bridgehead atoms. The molecule has 2 aromatic heterocycles. The molecule has 0 saturated heterocycles. The van der Waals surface area contributed by atoms with Crippen LogP contribution in [0.25, 0.3) is 5.69 Å². The van der Waals surface area contributed by atoms with Gasteiger partial charge >= 0.3 is 0 Å². The molecule has 0 saturated carbocycles. The number of halogens is 1. The van der Waals surface area contributed by atoms with Crippen molar-refractivity contribution < 1.29 is 27.8 Å². The first-order valence-corrected chi connectivity index (χ1v) is 11.9. The van der Waals surface area contributed by atoms with Gasteiger partial charge in [-0.25, -0.2) is 4.39 Å². The van der Waals surface area contributed by atoms with Crippen molar-refractivity contribution in [1.29, 1.82) is 0 Å². The first-order chi connectivity index (χ1) is 16.9. The molecule has 35 heavy (non-hydrogen) atoms. The summed E-state index contributed by atoms with van der Waals surface area (Å²) in [6, 6.07) is 13.7. The van der Waals surface area contributed by atoms with Gasteiger partial charge in [-0.2, -0.15) is 0 Å². The lowest BCUT2D eigenvalue weighted by Crippen LogP contribution is -2.05. The summed E-state index contributed by atoms with van der Waals surface area (Å²) in [6.45, 7) is 5.74. The predicted molar refractivity (Wildman–Crippen MR) is 126 cm³/mol. The minimum absolute atomic E-state index is 0.0644. The number of thioether (sulfide) groups is 1. The zero-order valence-corrected chi connectivity index (χ0v) is 20.1. The molecule has 1 aliphatic heterocycles. The quantitative estimate of drug-likeness (QED) is 0.235. The molecule has 4 aromatic rings. The molecule has 5 rings (SSSR count). The van der Waals surface area contributed by atoms with Crippen LogP contribution in [0.2, 0.25) is 0 Å². The summed E-state index contributed by atoms with van der Waals surface area (Å²) in [5.41, 5.74) is 3.25. The fourth-order valence-corrected chi connectivity index (χ4v) is 4.55. The van der Waals surface area contributed by atoms with E-state index < -0.39 is 11.9 Å². The Morgan fingerprint density at radius 2 is 1.94 bits per heavy atom. The summed E-state index contributed by atoms with van der Waals surface area (Å²) in [5, 5.41) is 8.19. The molecule has 0 radical (unpaired) electrons. The Labute approximate surface area is 205 Å². The number of benzene rings is 2. The number of fused-ring (bicyclic) bond motifs is 1. The molecule has 0 N–H and O–H groups in total. The third kappa shape index (κ3) is 4.61. The van der Waals surface area contributed by atoms with Crippen LogP contribution in [0.15, 0.2) is 58.2 Å². The zero-order chi connectivity index (χ0) is 24.5. The predicted octanol–water partition coefficient (Wildman–Crippen LogP) is 5.46. The number of aryl methyl sites for hydroxylation is 1. The van der Waals surface area contributed by atoms with Gasteiger partial charge in [0.05, 0.1) is 5.75 Å². The lowest BCUT2D eigenvalue weighted by molar-refractivity contribution is 0.102. The molecule has 0 spiro atoms. The van der Waals surface area contributed by atoms with Gasteiger partial charge in [0.15, 0.2) is 35.0 Å². The smallest absolute Gasteiger partial charge is 0.277 e. The fourth-order valence-electron chi connectivity index (χ4n) is 3.90. The van der Waals surface area contributed by atoms with Crippen LogP contribution in [0.1, 0.15) is 40.7 Å². The second-order valence-corrected chi connectivity index (χ2v) is 8.89. The van der Waals surface area contributed by atoms with Gasteiger partial charge in [-0.15, -0.1) is 10.2 Å². The average molecular weight is 496 g/mol. The number of Topliss-reactive ketones (excluding diaryl/α,β-unsaturated/α-hetero) is 1. The summed E-state index contributed by atoms with van der Waals surface area (Å²) in [6.07, 6.45) is -0.648. The molecule has 1 atom stereocenters. The monoisotopic (exact) mass is 495 g/mol. The number of hydrogen-bond donors (Lipinski definition) is 0. The fraction of sp³-hybridized carbons (Fsp3) is 0.240. The van der Waals surface area contributed by atoms with Gasteiger partial charge in [0.2, 0.25) is 6.79 Å². The van der Waals surface area contributed by atoms with Crippen molar-refractivity contribution in [3.05, 3.63) is 77.2 Å². The van der Waals surface area contributed by atoms with Gasteiger partial charge in [-0.1, -0.05) is 23.9 Å². The van der Waals surface area contributed by atoms with Gasteiger partial charge in [0.25, 0.3) is 11.1 Å². The van der Waals surface area contributed by atoms with Crippen molar-refractivity contribution in [3.8, 4) is 22.9 Å². The van der Waals surface area contributed by atoms with Crippen LogP contribution < -0.4 is 14.2 Å². The SMILES string of the molecule is Cc1cc(C(=O)CSc2nnc([C@H](C)Oc3ccccc3F)o2)c(C)n1-c1ccc2c(c1)OCO2. The van der Waals surface area contributed by atoms with Crippen molar-refractivity contribution in [1.82, 2.24) is 14.8 Å². The Bertz CT molecular complexity index is 1400. The molecular weight excluding hydrogens is 473 g/mol. The summed E-state index contributed by atoms with van der Waals surface area (Å²) in [5.74, 6) is 1.26. The van der Waals surface area contributed by atoms with E-state index in [1.807, 2.05) is 42.7 Å². The Morgan fingerprint density at radius 3 is 2.77 bits per heavy atom. The number of carbonyl (C=O) groups is 1. The number of nitrogens with zero attached hydrogens (tertiary/aromatic N) is 3. The maximum atomic E-state index is 13.8. The number of para-hydroxylation sites is 1. The van der Waals surface area contributed by atoms with Crippen LogP contribution in [-0.4, -0.2) is 33.1 Å². The second kappa shape index (κ2) is 9.46. The Morgan fingerprint density at radius 1 is 1.14 bits per heavy atom. The molecule has 1 aliphatic rings. The highest BCUT2D eigenvalue weighted by atomic mass is 32.2. The number of hydrogen-bond acceptors (Lipinski definition) is 8. The third-order valence-corrected chi connectivity index (χ3v) is 6.40. The zero-order valence-electron chi connectivity index (χ0n) is 19.3. The lowest BCUT2D eigenvalue weighted by Gasteiger charge is -2.11. The molecule has 0 fully saturated rings. The minimum atomic E-state index is -0.648. The topological polar surface area (TPSA) is 88.6 Å². The van der Waals surface area contributed by atoms with Crippen LogP contribution in [0.5, 0.6) is 17.2 Å².